The van der Waals surface area contributed by atoms with Crippen LogP contribution >= 0.6 is 0 Å². The van der Waals surface area contributed by atoms with Crippen molar-refractivity contribution in [3.8, 4) is 5.75 Å². The molecular formula is C32H50O4. The fourth-order valence-electron chi connectivity index (χ4n) is 6.35. The van der Waals surface area contributed by atoms with Gasteiger partial charge in [0.15, 0.2) is 0 Å². The molecule has 36 heavy (non-hydrogen) atoms. The van der Waals surface area contributed by atoms with E-state index < -0.39 is 5.41 Å². The first-order valence-corrected chi connectivity index (χ1v) is 14.0. The maximum absolute atomic E-state index is 12.5. The average molecular weight is 499 g/mol. The fraction of sp³-hybridized carbons (Fsp3) is 0.719. The van der Waals surface area contributed by atoms with Gasteiger partial charge in [0.1, 0.15) is 12.4 Å². The van der Waals surface area contributed by atoms with Crippen molar-refractivity contribution < 1.29 is 19.4 Å². The summed E-state index contributed by atoms with van der Waals surface area (Å²) in [5.41, 5.74) is 4.10. The molecule has 0 aliphatic heterocycles. The third kappa shape index (κ3) is 5.69. The van der Waals surface area contributed by atoms with Gasteiger partial charge in [0.05, 0.1) is 19.1 Å². The van der Waals surface area contributed by atoms with Crippen molar-refractivity contribution in [3.05, 3.63) is 40.5 Å². The smallest absolute Gasteiger partial charge is 0.311 e. The van der Waals surface area contributed by atoms with Crippen LogP contribution in [0.3, 0.4) is 0 Å². The molecule has 0 spiro atoms. The summed E-state index contributed by atoms with van der Waals surface area (Å²) in [7, 11) is 1.74. The molecular weight excluding hydrogens is 448 g/mol. The van der Waals surface area contributed by atoms with E-state index in [4.69, 9.17) is 9.47 Å². The van der Waals surface area contributed by atoms with Crippen LogP contribution in [-0.4, -0.2) is 24.8 Å². The maximum atomic E-state index is 12.5. The highest BCUT2D eigenvalue weighted by Gasteiger charge is 2.56. The van der Waals surface area contributed by atoms with Gasteiger partial charge in [-0.15, -0.1) is 0 Å². The van der Waals surface area contributed by atoms with Crippen LogP contribution in [0, 0.1) is 22.7 Å². The molecule has 4 heteroatoms. The Morgan fingerprint density at radius 1 is 1.11 bits per heavy atom. The van der Waals surface area contributed by atoms with Gasteiger partial charge in [0, 0.05) is 11.5 Å². The van der Waals surface area contributed by atoms with Crippen molar-refractivity contribution in [2.75, 3.05) is 13.7 Å². The molecule has 1 aromatic carbocycles. The molecule has 0 heterocycles. The van der Waals surface area contributed by atoms with Gasteiger partial charge in [-0.25, -0.2) is 0 Å². The van der Waals surface area contributed by atoms with Crippen LogP contribution in [0.1, 0.15) is 117 Å². The van der Waals surface area contributed by atoms with Gasteiger partial charge in [-0.05, 0) is 79.0 Å². The lowest BCUT2D eigenvalue weighted by molar-refractivity contribution is -0.152. The highest BCUT2D eigenvalue weighted by Crippen LogP contribution is 2.64. The van der Waals surface area contributed by atoms with Crippen LogP contribution in [-0.2, 0) is 21.6 Å². The molecule has 3 aliphatic carbocycles. The Morgan fingerprint density at radius 3 is 2.36 bits per heavy atom. The summed E-state index contributed by atoms with van der Waals surface area (Å²) in [6.45, 7) is 17.5. The zero-order chi connectivity index (χ0) is 26.9. The summed E-state index contributed by atoms with van der Waals surface area (Å²) in [5.74, 6) is 1.73. The second kappa shape index (κ2) is 10.9. The third-order valence-electron chi connectivity index (χ3n) is 8.99. The molecule has 0 unspecified atom stereocenters. The topological polar surface area (TPSA) is 55.8 Å². The number of esters is 1. The standard InChI is InChI=1S/C32H50O4/c1-10-11-12-13-14-31(5,6)23-15-21(19-33)28(27(17-23)35-9)24-16-22(20-36-29(34)30(2,3)4)25-18-26(24)32(25,7)8/h15-17,24-26,33H,10-14,18-20H2,1-9H3/t24-,25+,26-/m0/s1. The van der Waals surface area contributed by atoms with Crippen molar-refractivity contribution in [2.24, 2.45) is 22.7 Å². The van der Waals surface area contributed by atoms with Crippen molar-refractivity contribution in [1.82, 2.24) is 0 Å². The first kappa shape index (κ1) is 28.8. The molecule has 202 valence electrons. The van der Waals surface area contributed by atoms with Gasteiger partial charge in [0.2, 0.25) is 0 Å². The lowest BCUT2D eigenvalue weighted by atomic mass is 9.45. The number of hydrogen-bond donors (Lipinski definition) is 1. The number of fused-ring (bicyclic) bond motifs is 1. The summed E-state index contributed by atoms with van der Waals surface area (Å²) < 4.78 is 11.8. The van der Waals surface area contributed by atoms with Gasteiger partial charge < -0.3 is 14.6 Å². The number of unbranched alkanes of at least 4 members (excludes halogenated alkanes) is 3. The van der Waals surface area contributed by atoms with Crippen molar-refractivity contribution in [2.45, 2.75) is 112 Å². The molecule has 1 fully saturated rings. The highest BCUT2D eigenvalue weighted by atomic mass is 16.5. The third-order valence-corrected chi connectivity index (χ3v) is 8.99. The molecule has 3 aliphatic rings. The molecule has 0 amide bonds. The summed E-state index contributed by atoms with van der Waals surface area (Å²) in [6.07, 6.45) is 9.49. The monoisotopic (exact) mass is 498 g/mol. The minimum atomic E-state index is -0.515. The first-order chi connectivity index (χ1) is 16.8. The van der Waals surface area contributed by atoms with Crippen molar-refractivity contribution >= 4 is 5.97 Å². The molecule has 0 aromatic heterocycles. The average Bonchev–Trinajstić information content (AvgIpc) is 2.82. The highest BCUT2D eigenvalue weighted by molar-refractivity contribution is 5.75. The Kier molecular flexibility index (Phi) is 8.70. The number of aliphatic hydroxyl groups is 1. The second-order valence-corrected chi connectivity index (χ2v) is 13.4. The van der Waals surface area contributed by atoms with Crippen LogP contribution in [0.5, 0.6) is 5.75 Å². The number of hydrogen-bond acceptors (Lipinski definition) is 4. The Bertz CT molecular complexity index is 938. The predicted octanol–water partition coefficient (Wildman–Crippen LogP) is 7.71. The summed E-state index contributed by atoms with van der Waals surface area (Å²) in [4.78, 5) is 12.5. The summed E-state index contributed by atoms with van der Waals surface area (Å²) in [5, 5.41) is 10.5. The SMILES string of the molecule is CCCCCCC(C)(C)c1cc(CO)c([C@H]2C=C(COC(=O)C(C)(C)C)[C@H]3C[C@@H]2C3(C)C)c(OC)c1. The number of benzene rings is 1. The van der Waals surface area contributed by atoms with E-state index in [1.165, 1.54) is 36.8 Å². The quantitative estimate of drug-likeness (QED) is 0.193. The fourth-order valence-corrected chi connectivity index (χ4v) is 6.35. The normalized spacial score (nSPS) is 23.1. The molecule has 1 N–H and O–H groups in total. The van der Waals surface area contributed by atoms with E-state index in [0.717, 1.165) is 29.7 Å². The molecule has 0 saturated heterocycles. The molecule has 1 aromatic rings. The van der Waals surface area contributed by atoms with E-state index >= 15 is 0 Å². The Balaban J connectivity index is 1.96. The van der Waals surface area contributed by atoms with Crippen LogP contribution in [0.4, 0.5) is 0 Å². The molecule has 0 radical (unpaired) electrons. The minimum absolute atomic E-state index is 0.0129. The van der Waals surface area contributed by atoms with Gasteiger partial charge in [-0.1, -0.05) is 72.4 Å². The van der Waals surface area contributed by atoms with Crippen LogP contribution in [0.15, 0.2) is 23.8 Å². The van der Waals surface area contributed by atoms with E-state index in [2.05, 4.69) is 52.8 Å². The van der Waals surface area contributed by atoms with Crippen LogP contribution in [0.2, 0.25) is 0 Å². The Hall–Kier alpha value is -1.81. The molecule has 1 saturated carbocycles. The van der Waals surface area contributed by atoms with Crippen molar-refractivity contribution in [1.29, 1.82) is 0 Å². The van der Waals surface area contributed by atoms with E-state index in [-0.39, 0.29) is 29.3 Å². The van der Waals surface area contributed by atoms with E-state index in [0.29, 0.717) is 18.4 Å². The molecule has 2 bridgehead atoms. The molecule has 4 nitrogen and oxygen atoms in total. The molecule has 3 atom stereocenters. The summed E-state index contributed by atoms with van der Waals surface area (Å²) in [6, 6.07) is 4.42. The lowest BCUT2D eigenvalue weighted by Crippen LogP contribution is -2.52. The number of methoxy groups -OCH3 is 1. The van der Waals surface area contributed by atoms with Crippen molar-refractivity contribution in [3.63, 3.8) is 0 Å². The Labute approximate surface area is 219 Å². The lowest BCUT2D eigenvalue weighted by Gasteiger charge is -2.59. The number of allylic oxidation sites excluding steroid dienone is 1. The van der Waals surface area contributed by atoms with E-state index in [1.54, 1.807) is 7.11 Å². The van der Waals surface area contributed by atoms with Gasteiger partial charge in [-0.2, -0.15) is 0 Å². The first-order valence-electron chi connectivity index (χ1n) is 14.0. The van der Waals surface area contributed by atoms with Crippen LogP contribution in [0.25, 0.3) is 0 Å². The maximum Gasteiger partial charge on any atom is 0.311 e. The largest absolute Gasteiger partial charge is 0.496 e. The summed E-state index contributed by atoms with van der Waals surface area (Å²) >= 11 is 0. The van der Waals surface area contributed by atoms with Crippen LogP contribution < -0.4 is 4.74 Å². The minimum Gasteiger partial charge on any atom is -0.496 e. The predicted molar refractivity (Wildman–Crippen MR) is 147 cm³/mol. The van der Waals surface area contributed by atoms with Gasteiger partial charge in [-0.3, -0.25) is 4.79 Å². The number of aliphatic hydroxyl groups excluding tert-OH is 1. The second-order valence-electron chi connectivity index (χ2n) is 13.4. The number of ether oxygens (including phenoxy) is 2. The van der Waals surface area contributed by atoms with E-state index in [9.17, 15) is 9.90 Å². The zero-order valence-corrected chi connectivity index (χ0v) is 24.3. The van der Waals surface area contributed by atoms with E-state index in [1.807, 2.05) is 20.8 Å². The zero-order valence-electron chi connectivity index (χ0n) is 24.3. The number of carbonyl (C=O) groups is 1. The number of rotatable bonds is 11. The Morgan fingerprint density at radius 2 is 1.81 bits per heavy atom. The van der Waals surface area contributed by atoms with Gasteiger partial charge >= 0.3 is 5.97 Å². The number of carbonyl (C=O) groups excluding carboxylic acids is 1. The molecule has 4 rings (SSSR count). The van der Waals surface area contributed by atoms with Gasteiger partial charge in [0.25, 0.3) is 0 Å².